The average molecular weight is 584 g/mol. The zero-order chi connectivity index (χ0) is 28.7. The minimum Gasteiger partial charge on any atom is -0.377 e. The van der Waals surface area contributed by atoms with Crippen molar-refractivity contribution in [1.82, 2.24) is 0 Å². The van der Waals surface area contributed by atoms with Crippen LogP contribution in [0.15, 0.2) is 83.8 Å². The van der Waals surface area contributed by atoms with Crippen LogP contribution in [0, 0.1) is 5.92 Å². The Balaban J connectivity index is 1.47. The van der Waals surface area contributed by atoms with Gasteiger partial charge in [-0.2, -0.15) is 0 Å². The normalized spacial score (nSPS) is 26.9. The molecule has 2 N–H and O–H groups in total. The molecule has 3 aromatic carbocycles. The van der Waals surface area contributed by atoms with Crippen molar-refractivity contribution in [3.63, 3.8) is 0 Å². The first-order valence-corrected chi connectivity index (χ1v) is 15.5. The van der Waals surface area contributed by atoms with Gasteiger partial charge < -0.3 is 19.9 Å². The van der Waals surface area contributed by atoms with Gasteiger partial charge in [-0.3, -0.25) is 4.79 Å². The van der Waals surface area contributed by atoms with E-state index in [9.17, 15) is 13.2 Å². The van der Waals surface area contributed by atoms with E-state index in [0.717, 1.165) is 17.4 Å². The maximum absolute atomic E-state index is 13.0. The molecular formula is C31H34ClNO6S. The van der Waals surface area contributed by atoms with Crippen molar-refractivity contribution in [3.8, 4) is 0 Å². The van der Waals surface area contributed by atoms with Gasteiger partial charge in [0.05, 0.1) is 21.4 Å². The molecule has 0 bridgehead atoms. The number of benzene rings is 3. The van der Waals surface area contributed by atoms with Crippen LogP contribution in [0.5, 0.6) is 0 Å². The molecule has 3 aromatic rings. The second-order valence-corrected chi connectivity index (χ2v) is 13.3. The van der Waals surface area contributed by atoms with Gasteiger partial charge in [0, 0.05) is 26.2 Å². The molecule has 7 nitrogen and oxygen atoms in total. The third-order valence-electron chi connectivity index (χ3n) is 8.44. The van der Waals surface area contributed by atoms with Crippen LogP contribution in [0.1, 0.15) is 61.0 Å². The number of methoxy groups -OCH3 is 1. The van der Waals surface area contributed by atoms with Crippen LogP contribution >= 0.6 is 11.6 Å². The summed E-state index contributed by atoms with van der Waals surface area (Å²) < 4.78 is 43.8. The van der Waals surface area contributed by atoms with Gasteiger partial charge in [-0.05, 0) is 48.1 Å². The van der Waals surface area contributed by atoms with Gasteiger partial charge in [0.15, 0.2) is 15.6 Å². The topological polar surface area (TPSA) is 105 Å². The lowest BCUT2D eigenvalue weighted by Gasteiger charge is -2.40. The molecular weight excluding hydrogens is 550 g/mol. The van der Waals surface area contributed by atoms with Crippen LogP contribution in [0.3, 0.4) is 0 Å². The number of primary amides is 1. The predicted molar refractivity (Wildman–Crippen MR) is 153 cm³/mol. The molecule has 2 fully saturated rings. The molecule has 2 aliphatic rings. The summed E-state index contributed by atoms with van der Waals surface area (Å²) in [6, 6.07) is 24.6. The molecule has 0 radical (unpaired) electrons. The van der Waals surface area contributed by atoms with Gasteiger partial charge in [-0.15, -0.1) is 0 Å². The van der Waals surface area contributed by atoms with Crippen molar-refractivity contribution in [3.05, 3.63) is 101 Å². The van der Waals surface area contributed by atoms with Gasteiger partial charge in [-0.25, -0.2) is 8.42 Å². The van der Waals surface area contributed by atoms with E-state index in [-0.39, 0.29) is 28.0 Å². The molecule has 1 aliphatic heterocycles. The van der Waals surface area contributed by atoms with Crippen LogP contribution in [0.2, 0.25) is 5.02 Å². The van der Waals surface area contributed by atoms with Crippen molar-refractivity contribution in [1.29, 1.82) is 0 Å². The summed E-state index contributed by atoms with van der Waals surface area (Å²) in [5, 5.41) is 0.0338. The Bertz CT molecular complexity index is 1430. The van der Waals surface area contributed by atoms with E-state index in [2.05, 4.69) is 0 Å². The standard InChI is InChI=1S/C31H34ClNO6S/c1-30(37-2,26(29(33)34)22-14-15-25(24(32)18-22)40(3,35)36)23-16-17-31(19-23)38-27(20-10-6-4-7-11-20)28(39-31)21-12-8-5-9-13-21/h4-15,18,23,26-28H,16-17,19H2,1-3H3,(H2,33,34). The first kappa shape index (κ1) is 28.8. The Morgan fingerprint density at radius 3 is 2.02 bits per heavy atom. The van der Waals surface area contributed by atoms with Crippen molar-refractivity contribution < 1.29 is 27.4 Å². The number of carbonyl (C=O) groups excluding carboxylic acids is 1. The monoisotopic (exact) mass is 583 g/mol. The highest BCUT2D eigenvalue weighted by Gasteiger charge is 2.58. The smallest absolute Gasteiger partial charge is 0.227 e. The summed E-state index contributed by atoms with van der Waals surface area (Å²) in [4.78, 5) is 13.0. The highest BCUT2D eigenvalue weighted by atomic mass is 35.5. The molecule has 5 atom stereocenters. The molecule has 1 amide bonds. The lowest BCUT2D eigenvalue weighted by molar-refractivity contribution is -0.180. The number of ether oxygens (including phenoxy) is 3. The Hall–Kier alpha value is -2.75. The van der Waals surface area contributed by atoms with E-state index in [1.807, 2.05) is 67.6 Å². The zero-order valence-electron chi connectivity index (χ0n) is 22.7. The Morgan fingerprint density at radius 1 is 1.02 bits per heavy atom. The van der Waals surface area contributed by atoms with E-state index >= 15 is 0 Å². The van der Waals surface area contributed by atoms with Crippen molar-refractivity contribution in [2.24, 2.45) is 11.7 Å². The highest BCUT2D eigenvalue weighted by Crippen LogP contribution is 2.57. The Morgan fingerprint density at radius 2 is 1.57 bits per heavy atom. The van der Waals surface area contributed by atoms with E-state index in [1.54, 1.807) is 13.2 Å². The quantitative estimate of drug-likeness (QED) is 0.362. The molecule has 1 aliphatic carbocycles. The third kappa shape index (κ3) is 5.31. The number of hydrogen-bond donors (Lipinski definition) is 1. The minimum atomic E-state index is -3.54. The molecule has 0 aromatic heterocycles. The van der Waals surface area contributed by atoms with Crippen LogP contribution in [-0.2, 0) is 28.8 Å². The van der Waals surface area contributed by atoms with E-state index in [0.29, 0.717) is 24.8 Å². The van der Waals surface area contributed by atoms with Crippen LogP contribution in [0.4, 0.5) is 0 Å². The molecule has 1 spiro atoms. The SMILES string of the molecule is COC(C)(C1CCC2(C1)OC(c1ccccc1)C(c1ccccc1)O2)C(C(N)=O)c1ccc(S(C)(=O)=O)c(Cl)c1. The van der Waals surface area contributed by atoms with E-state index in [4.69, 9.17) is 31.5 Å². The number of hydrogen-bond acceptors (Lipinski definition) is 6. The average Bonchev–Trinajstić information content (AvgIpc) is 3.53. The van der Waals surface area contributed by atoms with Gasteiger partial charge in [-0.1, -0.05) is 78.3 Å². The number of carbonyl (C=O) groups is 1. The number of rotatable bonds is 8. The van der Waals surface area contributed by atoms with Gasteiger partial charge in [0.2, 0.25) is 5.91 Å². The number of halogens is 1. The van der Waals surface area contributed by atoms with Crippen molar-refractivity contribution in [2.45, 2.75) is 60.6 Å². The fourth-order valence-corrected chi connectivity index (χ4v) is 7.70. The predicted octanol–water partition coefficient (Wildman–Crippen LogP) is 5.74. The van der Waals surface area contributed by atoms with Crippen LogP contribution < -0.4 is 5.73 Å². The molecule has 1 heterocycles. The fraction of sp³-hybridized carbons (Fsp3) is 0.387. The van der Waals surface area contributed by atoms with Crippen LogP contribution in [0.25, 0.3) is 0 Å². The Labute approximate surface area is 240 Å². The zero-order valence-corrected chi connectivity index (χ0v) is 24.3. The van der Waals surface area contributed by atoms with E-state index in [1.165, 1.54) is 12.1 Å². The molecule has 5 unspecified atom stereocenters. The largest absolute Gasteiger partial charge is 0.377 e. The first-order chi connectivity index (χ1) is 19.0. The molecule has 5 rings (SSSR count). The lowest BCUT2D eigenvalue weighted by atomic mass is 9.73. The minimum absolute atomic E-state index is 0.00765. The summed E-state index contributed by atoms with van der Waals surface area (Å²) >= 11 is 6.35. The second kappa shape index (κ2) is 10.9. The molecule has 212 valence electrons. The van der Waals surface area contributed by atoms with Crippen molar-refractivity contribution >= 4 is 27.3 Å². The van der Waals surface area contributed by atoms with Gasteiger partial charge in [0.25, 0.3) is 0 Å². The first-order valence-electron chi connectivity index (χ1n) is 13.3. The summed E-state index contributed by atoms with van der Waals surface area (Å²) in [5.74, 6) is -2.51. The fourth-order valence-electron chi connectivity index (χ4n) is 6.36. The number of amides is 1. The lowest BCUT2D eigenvalue weighted by Crippen LogP contribution is -2.48. The Kier molecular flexibility index (Phi) is 7.85. The van der Waals surface area contributed by atoms with Gasteiger partial charge in [0.1, 0.15) is 12.2 Å². The summed E-state index contributed by atoms with van der Waals surface area (Å²) in [6.45, 7) is 1.86. The molecule has 1 saturated heterocycles. The summed E-state index contributed by atoms with van der Waals surface area (Å²) in [7, 11) is -1.98. The number of nitrogens with two attached hydrogens (primary N) is 1. The molecule has 40 heavy (non-hydrogen) atoms. The second-order valence-electron chi connectivity index (χ2n) is 10.9. The van der Waals surface area contributed by atoms with E-state index < -0.39 is 33.1 Å². The highest BCUT2D eigenvalue weighted by molar-refractivity contribution is 7.90. The number of sulfone groups is 1. The molecule has 1 saturated carbocycles. The maximum atomic E-state index is 13.0. The van der Waals surface area contributed by atoms with Crippen LogP contribution in [-0.4, -0.2) is 39.1 Å². The maximum Gasteiger partial charge on any atom is 0.227 e. The summed E-state index contributed by atoms with van der Waals surface area (Å²) in [5.41, 5.74) is 7.49. The summed E-state index contributed by atoms with van der Waals surface area (Å²) in [6.07, 6.45) is 2.26. The van der Waals surface area contributed by atoms with Crippen molar-refractivity contribution in [2.75, 3.05) is 13.4 Å². The molecule has 9 heteroatoms. The third-order valence-corrected chi connectivity index (χ3v) is 10.0. The van der Waals surface area contributed by atoms with Gasteiger partial charge >= 0.3 is 0 Å².